The highest BCUT2D eigenvalue weighted by molar-refractivity contribution is 7.94. The molecule has 70 valence electrons. The maximum absolute atomic E-state index is 10.4. The second kappa shape index (κ2) is 3.72. The first-order chi connectivity index (χ1) is 5.27. The molecule has 0 aromatic rings. The van der Waals surface area contributed by atoms with E-state index >= 15 is 0 Å². The summed E-state index contributed by atoms with van der Waals surface area (Å²) in [6, 6.07) is -1.24. The number of hydrogen-bond acceptors (Lipinski definition) is 5. The van der Waals surface area contributed by atoms with Gasteiger partial charge in [0.1, 0.15) is 15.1 Å². The van der Waals surface area contributed by atoms with Gasteiger partial charge in [-0.2, -0.15) is 0 Å². The van der Waals surface area contributed by atoms with E-state index in [1.165, 1.54) is 13.8 Å². The van der Waals surface area contributed by atoms with Crippen LogP contribution >= 0.6 is 11.9 Å². The van der Waals surface area contributed by atoms with Crippen molar-refractivity contribution in [3.05, 3.63) is 10.1 Å². The minimum absolute atomic E-state index is 0.310. The summed E-state index contributed by atoms with van der Waals surface area (Å²) >= 11 is 0.310. The van der Waals surface area contributed by atoms with Crippen LogP contribution in [-0.2, 0) is 4.79 Å². The van der Waals surface area contributed by atoms with Crippen molar-refractivity contribution < 1.29 is 14.2 Å². The Hall–Kier alpha value is -0.820. The lowest BCUT2D eigenvalue weighted by Crippen LogP contribution is -2.47. The van der Waals surface area contributed by atoms with Crippen LogP contribution < -0.4 is 5.73 Å². The summed E-state index contributed by atoms with van der Waals surface area (Å²) in [6.07, 6.45) is 0. The lowest BCUT2D eigenvalue weighted by Gasteiger charge is -2.20. The van der Waals surface area contributed by atoms with Crippen LogP contribution in [0.4, 0.5) is 0 Å². The molecule has 0 fully saturated rings. The Kier molecular flexibility index (Phi) is 3.47. The van der Waals surface area contributed by atoms with Gasteiger partial charge in [-0.1, -0.05) is 0 Å². The highest BCUT2D eigenvalue weighted by atomic mass is 32.2. The van der Waals surface area contributed by atoms with Gasteiger partial charge in [0.15, 0.2) is 0 Å². The third-order valence-corrected chi connectivity index (χ3v) is 2.20. The smallest absolute Gasteiger partial charge is 0.322 e. The maximum atomic E-state index is 10.4. The maximum Gasteiger partial charge on any atom is 0.322 e. The average molecular weight is 194 g/mol. The summed E-state index contributed by atoms with van der Waals surface area (Å²) in [5.74, 6) is -1.24. The predicted molar refractivity (Wildman–Crippen MR) is 44.3 cm³/mol. The van der Waals surface area contributed by atoms with Gasteiger partial charge in [0, 0.05) is 0 Å². The fraction of sp³-hybridized carbons (Fsp3) is 0.800. The van der Waals surface area contributed by atoms with Crippen LogP contribution in [-0.4, -0.2) is 26.2 Å². The van der Waals surface area contributed by atoms with E-state index < -0.39 is 21.1 Å². The summed E-state index contributed by atoms with van der Waals surface area (Å²) in [5, 5.41) is 18.5. The first-order valence-corrected chi connectivity index (χ1v) is 3.86. The monoisotopic (exact) mass is 194 g/mol. The first kappa shape index (κ1) is 11.2. The fourth-order valence-electron chi connectivity index (χ4n) is 0.546. The Morgan fingerprint density at radius 2 is 2.17 bits per heavy atom. The first-order valence-electron chi connectivity index (χ1n) is 3.09. The largest absolute Gasteiger partial charge is 0.480 e. The van der Waals surface area contributed by atoms with Crippen molar-refractivity contribution in [3.8, 4) is 0 Å². The number of carboxylic acids is 1. The molecule has 3 N–H and O–H groups in total. The van der Waals surface area contributed by atoms with Crippen LogP contribution in [0.25, 0.3) is 0 Å². The van der Waals surface area contributed by atoms with Crippen LogP contribution in [0.5, 0.6) is 0 Å². The van der Waals surface area contributed by atoms with Gasteiger partial charge in [0.2, 0.25) is 11.9 Å². The van der Waals surface area contributed by atoms with E-state index in [-0.39, 0.29) is 0 Å². The van der Waals surface area contributed by atoms with Gasteiger partial charge in [0.25, 0.3) is 0 Å². The van der Waals surface area contributed by atoms with Crippen molar-refractivity contribution in [3.63, 3.8) is 0 Å². The van der Waals surface area contributed by atoms with Crippen molar-refractivity contribution in [2.45, 2.75) is 24.6 Å². The summed E-state index contributed by atoms with van der Waals surface area (Å²) < 4.78 is -1.75. The second-order valence-corrected chi connectivity index (χ2v) is 4.27. The van der Waals surface area contributed by atoms with Crippen LogP contribution in [0.3, 0.4) is 0 Å². The zero-order chi connectivity index (χ0) is 9.94. The molecule has 0 amide bonds. The number of rotatable bonds is 4. The number of aliphatic carboxylic acids is 1. The summed E-state index contributed by atoms with van der Waals surface area (Å²) in [7, 11) is 0. The molecular weight excluding hydrogens is 184 g/mol. The standard InChI is InChI=1S/C5H10N2O4S/c1-5(2,12-7(10)11)3(6)4(8)9/h3H,6H2,1-2H3,(H,8,9)/t3-/m1/s1. The van der Waals surface area contributed by atoms with Crippen LogP contribution in [0.1, 0.15) is 13.8 Å². The number of nitrogens with two attached hydrogens (primary N) is 1. The van der Waals surface area contributed by atoms with E-state index in [9.17, 15) is 14.9 Å². The average Bonchev–Trinajstić information content (AvgIpc) is 1.82. The van der Waals surface area contributed by atoms with E-state index in [1.54, 1.807) is 0 Å². The Bertz CT molecular complexity index is 206. The van der Waals surface area contributed by atoms with E-state index in [1.807, 2.05) is 0 Å². The fourth-order valence-corrected chi connectivity index (χ4v) is 1.14. The van der Waals surface area contributed by atoms with Gasteiger partial charge in [-0.3, -0.25) is 14.9 Å². The quantitative estimate of drug-likeness (QED) is 0.373. The van der Waals surface area contributed by atoms with Gasteiger partial charge in [-0.25, -0.2) is 0 Å². The van der Waals surface area contributed by atoms with Crippen molar-refractivity contribution in [2.75, 3.05) is 0 Å². The Balaban J connectivity index is 4.38. The zero-order valence-electron chi connectivity index (χ0n) is 6.68. The summed E-state index contributed by atoms with van der Waals surface area (Å²) in [5.41, 5.74) is 5.22. The normalized spacial score (nSPS) is 13.9. The third kappa shape index (κ3) is 3.05. The SMILES string of the molecule is CC(C)(S[N+](=O)[O-])[C@H](N)C(=O)O. The minimum atomic E-state index is -1.24. The molecule has 0 aromatic carbocycles. The van der Waals surface area contributed by atoms with Crippen molar-refractivity contribution in [2.24, 2.45) is 5.73 Å². The van der Waals surface area contributed by atoms with Crippen molar-refractivity contribution >= 4 is 17.9 Å². The molecule has 6 nitrogen and oxygen atoms in total. The molecule has 0 heterocycles. The molecule has 12 heavy (non-hydrogen) atoms. The number of nitro groups is 1. The van der Waals surface area contributed by atoms with Crippen LogP contribution in [0.15, 0.2) is 0 Å². The van der Waals surface area contributed by atoms with Crippen LogP contribution in [0.2, 0.25) is 0 Å². The number of carbonyl (C=O) groups is 1. The van der Waals surface area contributed by atoms with Gasteiger partial charge >= 0.3 is 5.97 Å². The zero-order valence-corrected chi connectivity index (χ0v) is 7.50. The molecule has 0 spiro atoms. The van der Waals surface area contributed by atoms with Crippen LogP contribution in [0, 0.1) is 10.1 Å². The van der Waals surface area contributed by atoms with E-state index in [4.69, 9.17) is 10.8 Å². The van der Waals surface area contributed by atoms with Gasteiger partial charge < -0.3 is 10.8 Å². The van der Waals surface area contributed by atoms with Gasteiger partial charge in [-0.05, 0) is 13.8 Å². The molecule has 0 aromatic heterocycles. The Morgan fingerprint density at radius 3 is 2.42 bits per heavy atom. The molecule has 0 aliphatic carbocycles. The summed E-state index contributed by atoms with van der Waals surface area (Å²) in [4.78, 5) is 20.4. The predicted octanol–water partition coefficient (Wildman–Crippen LogP) is 0.102. The Morgan fingerprint density at radius 1 is 1.75 bits per heavy atom. The molecule has 0 radical (unpaired) electrons. The molecule has 0 aliphatic rings. The molecule has 0 saturated heterocycles. The summed E-state index contributed by atoms with van der Waals surface area (Å²) in [6.45, 7) is 2.83. The lowest BCUT2D eigenvalue weighted by molar-refractivity contribution is -0.286. The van der Waals surface area contributed by atoms with E-state index in [0.717, 1.165) is 0 Å². The molecule has 7 heteroatoms. The third-order valence-electron chi connectivity index (χ3n) is 1.32. The molecule has 0 bridgehead atoms. The number of nitrogens with zero attached hydrogens (tertiary/aromatic N) is 1. The molecule has 0 aliphatic heterocycles. The van der Waals surface area contributed by atoms with E-state index in [0.29, 0.717) is 11.9 Å². The van der Waals surface area contributed by atoms with Gasteiger partial charge in [-0.15, -0.1) is 0 Å². The van der Waals surface area contributed by atoms with Crippen molar-refractivity contribution in [1.82, 2.24) is 0 Å². The highest BCUT2D eigenvalue weighted by Crippen LogP contribution is 2.27. The number of carboxylic acid groups (broad SMARTS) is 1. The second-order valence-electron chi connectivity index (χ2n) is 2.73. The molecule has 0 rings (SSSR count). The Labute approximate surface area is 73.4 Å². The highest BCUT2D eigenvalue weighted by Gasteiger charge is 2.39. The number of hydrogen-bond donors (Lipinski definition) is 2. The topological polar surface area (TPSA) is 106 Å². The minimum Gasteiger partial charge on any atom is -0.480 e. The molecule has 0 saturated carbocycles. The molecule has 1 atom stereocenters. The van der Waals surface area contributed by atoms with E-state index in [2.05, 4.69) is 0 Å². The molecular formula is C5H10N2O4S. The van der Waals surface area contributed by atoms with Gasteiger partial charge in [0.05, 0.1) is 0 Å². The lowest BCUT2D eigenvalue weighted by atomic mass is 10.1. The molecule has 0 unspecified atom stereocenters. The van der Waals surface area contributed by atoms with Crippen molar-refractivity contribution in [1.29, 1.82) is 0 Å².